The first-order chi connectivity index (χ1) is 15.9. The molecule has 0 aliphatic heterocycles. The summed E-state index contributed by atoms with van der Waals surface area (Å²) < 4.78 is 5.33. The van der Waals surface area contributed by atoms with E-state index in [1.165, 1.54) is 17.7 Å². The van der Waals surface area contributed by atoms with Crippen LogP contribution < -0.4 is 5.32 Å². The standard InChI is InChI=1S/C26H35N5O2/c1-26(2,3)33-25(32)28-15-6-7-17-31(18-23-29-20-12-4-5-13-21(20)30-23)22-14-8-10-19-11-9-16-27-24(19)22/h4-5,9,11-13,16,22H,6-8,10,14-15,17-18H2,1-3H3,(H,28,32)(H,29,30)/t22-/m0/s1. The van der Waals surface area contributed by atoms with Gasteiger partial charge in [-0.2, -0.15) is 0 Å². The zero-order chi connectivity index (χ0) is 23.3. The third-order valence-corrected chi connectivity index (χ3v) is 5.94. The molecule has 1 atom stereocenters. The van der Waals surface area contributed by atoms with E-state index in [2.05, 4.69) is 27.3 Å². The molecule has 1 aliphatic rings. The van der Waals surface area contributed by atoms with Crippen molar-refractivity contribution in [3.8, 4) is 0 Å². The smallest absolute Gasteiger partial charge is 0.407 e. The number of benzene rings is 1. The van der Waals surface area contributed by atoms with Gasteiger partial charge in [-0.3, -0.25) is 9.88 Å². The Hall–Kier alpha value is -2.93. The summed E-state index contributed by atoms with van der Waals surface area (Å²) in [4.78, 5) is 27.5. The number of hydrogen-bond donors (Lipinski definition) is 2. The first-order valence-electron chi connectivity index (χ1n) is 12.0. The van der Waals surface area contributed by atoms with Crippen molar-refractivity contribution in [2.45, 2.75) is 71.1 Å². The van der Waals surface area contributed by atoms with Gasteiger partial charge in [0.2, 0.25) is 0 Å². The molecule has 0 saturated carbocycles. The number of para-hydroxylation sites is 2. The first-order valence-corrected chi connectivity index (χ1v) is 12.0. The first kappa shape index (κ1) is 23.2. The molecule has 33 heavy (non-hydrogen) atoms. The SMILES string of the molecule is CC(C)(C)OC(=O)NCCCCN(Cc1nc2ccccc2[nH]1)[C@H]1CCCc2cccnc21. The molecule has 0 fully saturated rings. The van der Waals surface area contributed by atoms with E-state index < -0.39 is 5.60 Å². The highest BCUT2D eigenvalue weighted by Crippen LogP contribution is 2.33. The topological polar surface area (TPSA) is 83.1 Å². The summed E-state index contributed by atoms with van der Waals surface area (Å²) in [7, 11) is 0. The van der Waals surface area contributed by atoms with Gasteiger partial charge in [0, 0.05) is 12.7 Å². The fourth-order valence-corrected chi connectivity index (χ4v) is 4.50. The summed E-state index contributed by atoms with van der Waals surface area (Å²) in [6.07, 6.45) is 6.76. The van der Waals surface area contributed by atoms with Gasteiger partial charge in [0.1, 0.15) is 11.4 Å². The van der Waals surface area contributed by atoms with Gasteiger partial charge in [0.05, 0.1) is 29.3 Å². The maximum atomic E-state index is 11.9. The van der Waals surface area contributed by atoms with Crippen LogP contribution in [0.5, 0.6) is 0 Å². The van der Waals surface area contributed by atoms with Crippen molar-refractivity contribution < 1.29 is 9.53 Å². The molecule has 0 bridgehead atoms. The van der Waals surface area contributed by atoms with Crippen LogP contribution in [0.2, 0.25) is 0 Å². The minimum Gasteiger partial charge on any atom is -0.444 e. The van der Waals surface area contributed by atoms with Crippen LogP contribution in [0.1, 0.15) is 69.6 Å². The second-order valence-corrected chi connectivity index (χ2v) is 9.76. The van der Waals surface area contributed by atoms with Gasteiger partial charge >= 0.3 is 6.09 Å². The predicted octanol–water partition coefficient (Wildman–Crippen LogP) is 5.14. The van der Waals surface area contributed by atoms with Crippen molar-refractivity contribution in [3.05, 3.63) is 59.7 Å². The Bertz CT molecular complexity index is 1040. The summed E-state index contributed by atoms with van der Waals surface area (Å²) in [5.74, 6) is 0.978. The lowest BCUT2D eigenvalue weighted by Crippen LogP contribution is -2.34. The Balaban J connectivity index is 1.41. The van der Waals surface area contributed by atoms with E-state index in [9.17, 15) is 4.79 Å². The zero-order valence-electron chi connectivity index (χ0n) is 19.9. The highest BCUT2D eigenvalue weighted by Gasteiger charge is 2.27. The molecular weight excluding hydrogens is 414 g/mol. The summed E-state index contributed by atoms with van der Waals surface area (Å²) >= 11 is 0. The molecule has 0 unspecified atom stereocenters. The lowest BCUT2D eigenvalue weighted by atomic mass is 9.90. The number of amides is 1. The highest BCUT2D eigenvalue weighted by molar-refractivity contribution is 5.74. The molecule has 2 aromatic heterocycles. The third-order valence-electron chi connectivity index (χ3n) is 5.94. The van der Waals surface area contributed by atoms with Crippen molar-refractivity contribution >= 4 is 17.1 Å². The highest BCUT2D eigenvalue weighted by atomic mass is 16.6. The van der Waals surface area contributed by atoms with Crippen LogP contribution in [0.3, 0.4) is 0 Å². The predicted molar refractivity (Wildman–Crippen MR) is 130 cm³/mol. The average Bonchev–Trinajstić information content (AvgIpc) is 3.19. The Morgan fingerprint density at radius 2 is 2.06 bits per heavy atom. The molecule has 2 heterocycles. The summed E-state index contributed by atoms with van der Waals surface area (Å²) in [5.41, 5.74) is 4.14. The summed E-state index contributed by atoms with van der Waals surface area (Å²) in [6, 6.07) is 12.7. The normalized spacial score (nSPS) is 16.1. The second-order valence-electron chi connectivity index (χ2n) is 9.76. The Kier molecular flexibility index (Phi) is 7.28. The van der Waals surface area contributed by atoms with Crippen molar-refractivity contribution in [2.24, 2.45) is 0 Å². The van der Waals surface area contributed by atoms with Gasteiger partial charge in [0.15, 0.2) is 0 Å². The van der Waals surface area contributed by atoms with E-state index in [1.807, 2.05) is 51.2 Å². The number of hydrogen-bond acceptors (Lipinski definition) is 5. The maximum Gasteiger partial charge on any atom is 0.407 e. The molecule has 1 aliphatic carbocycles. The number of carbonyl (C=O) groups excluding carboxylic acids is 1. The van der Waals surface area contributed by atoms with Crippen LogP contribution in [0, 0.1) is 0 Å². The van der Waals surface area contributed by atoms with E-state index in [4.69, 9.17) is 14.7 Å². The zero-order valence-corrected chi connectivity index (χ0v) is 19.9. The summed E-state index contributed by atoms with van der Waals surface area (Å²) in [6.45, 7) is 7.88. The number of imidazole rings is 1. The molecule has 176 valence electrons. The molecule has 0 spiro atoms. The Morgan fingerprint density at radius 3 is 2.88 bits per heavy atom. The van der Waals surface area contributed by atoms with Gasteiger partial charge < -0.3 is 15.0 Å². The number of pyridine rings is 1. The lowest BCUT2D eigenvalue weighted by molar-refractivity contribution is 0.0526. The van der Waals surface area contributed by atoms with E-state index in [1.54, 1.807) is 0 Å². The van der Waals surface area contributed by atoms with Gasteiger partial charge in [-0.25, -0.2) is 9.78 Å². The van der Waals surface area contributed by atoms with Crippen LogP contribution >= 0.6 is 0 Å². The molecule has 1 amide bonds. The fraction of sp³-hybridized carbons (Fsp3) is 0.500. The molecule has 3 aromatic rings. The number of unbranched alkanes of at least 4 members (excludes halogenated alkanes) is 1. The molecule has 0 radical (unpaired) electrons. The Morgan fingerprint density at radius 1 is 1.21 bits per heavy atom. The molecule has 0 saturated heterocycles. The number of alkyl carbamates (subject to hydrolysis) is 1. The number of aromatic amines is 1. The van der Waals surface area contributed by atoms with Crippen molar-refractivity contribution in [1.29, 1.82) is 0 Å². The summed E-state index contributed by atoms with van der Waals surface area (Å²) in [5, 5.41) is 2.87. The van der Waals surface area contributed by atoms with Gasteiger partial charge in [-0.1, -0.05) is 18.2 Å². The largest absolute Gasteiger partial charge is 0.444 e. The van der Waals surface area contributed by atoms with Crippen LogP contribution in [0.25, 0.3) is 11.0 Å². The number of nitrogens with one attached hydrogen (secondary N) is 2. The quantitative estimate of drug-likeness (QED) is 0.465. The van der Waals surface area contributed by atoms with Crippen molar-refractivity contribution in [2.75, 3.05) is 13.1 Å². The van der Waals surface area contributed by atoms with Crippen molar-refractivity contribution in [1.82, 2.24) is 25.2 Å². The number of rotatable bonds is 8. The fourth-order valence-electron chi connectivity index (χ4n) is 4.50. The minimum atomic E-state index is -0.477. The maximum absolute atomic E-state index is 11.9. The van der Waals surface area contributed by atoms with Crippen LogP contribution in [-0.2, 0) is 17.7 Å². The second kappa shape index (κ2) is 10.3. The van der Waals surface area contributed by atoms with Crippen LogP contribution in [0.15, 0.2) is 42.6 Å². The van der Waals surface area contributed by atoms with Gasteiger partial charge in [0.25, 0.3) is 0 Å². The van der Waals surface area contributed by atoms with Crippen LogP contribution in [-0.4, -0.2) is 44.6 Å². The molecular formula is C26H35N5O2. The van der Waals surface area contributed by atoms with Crippen LogP contribution in [0.4, 0.5) is 4.79 Å². The number of aromatic nitrogens is 3. The number of nitrogens with zero attached hydrogens (tertiary/aromatic N) is 3. The van der Waals surface area contributed by atoms with Gasteiger partial charge in [-0.05, 0) is 83.2 Å². The Labute approximate surface area is 196 Å². The number of fused-ring (bicyclic) bond motifs is 2. The van der Waals surface area contributed by atoms with E-state index in [-0.39, 0.29) is 12.1 Å². The number of aryl methyl sites for hydroxylation is 1. The lowest BCUT2D eigenvalue weighted by Gasteiger charge is -2.34. The van der Waals surface area contributed by atoms with Gasteiger partial charge in [-0.15, -0.1) is 0 Å². The molecule has 4 rings (SSSR count). The van der Waals surface area contributed by atoms with E-state index >= 15 is 0 Å². The molecule has 1 aromatic carbocycles. The van der Waals surface area contributed by atoms with Crippen molar-refractivity contribution in [3.63, 3.8) is 0 Å². The molecule has 2 N–H and O–H groups in total. The number of ether oxygens (including phenoxy) is 1. The number of H-pyrrole nitrogens is 1. The minimum absolute atomic E-state index is 0.280. The molecule has 7 heteroatoms. The molecule has 7 nitrogen and oxygen atoms in total. The van der Waals surface area contributed by atoms with E-state index in [0.717, 1.165) is 55.6 Å². The monoisotopic (exact) mass is 449 g/mol. The average molecular weight is 450 g/mol. The third kappa shape index (κ3) is 6.32. The number of carbonyl (C=O) groups is 1. The van der Waals surface area contributed by atoms with E-state index in [0.29, 0.717) is 6.54 Å².